The van der Waals surface area contributed by atoms with Gasteiger partial charge in [-0.3, -0.25) is 0 Å². The van der Waals surface area contributed by atoms with Gasteiger partial charge < -0.3 is 9.16 Å². The summed E-state index contributed by atoms with van der Waals surface area (Å²) in [6, 6.07) is 18.6. The van der Waals surface area contributed by atoms with Gasteiger partial charge in [0, 0.05) is 0 Å². The van der Waals surface area contributed by atoms with E-state index in [1.165, 1.54) is 0 Å². The van der Waals surface area contributed by atoms with Crippen molar-refractivity contribution >= 4 is 18.2 Å². The molecule has 0 heterocycles. The number of ether oxygens (including phenoxy) is 1. The third-order valence-corrected chi connectivity index (χ3v) is 12.0. The van der Waals surface area contributed by atoms with Gasteiger partial charge in [0.05, 0.1) is 30.0 Å². The molecule has 170 valence electrons. The number of rotatable bonds is 11. The van der Waals surface area contributed by atoms with Gasteiger partial charge in [-0.1, -0.05) is 81.5 Å². The van der Waals surface area contributed by atoms with Gasteiger partial charge in [-0.25, -0.2) is 8.42 Å². The Labute approximate surface area is 189 Å². The first-order valence-corrected chi connectivity index (χ1v) is 15.3. The van der Waals surface area contributed by atoms with Crippen LogP contribution in [0.5, 0.6) is 0 Å². The Morgan fingerprint density at radius 3 is 2.13 bits per heavy atom. The summed E-state index contributed by atoms with van der Waals surface area (Å²) in [7, 11) is -5.40. The zero-order valence-electron chi connectivity index (χ0n) is 19.4. The van der Waals surface area contributed by atoms with Crippen LogP contribution in [0, 0.1) is 0 Å². The molecule has 0 saturated heterocycles. The highest BCUT2D eigenvalue weighted by Gasteiger charge is 2.38. The average molecular weight is 461 g/mol. The van der Waals surface area contributed by atoms with Crippen LogP contribution in [0.4, 0.5) is 0 Å². The van der Waals surface area contributed by atoms with Gasteiger partial charge in [0.15, 0.2) is 18.2 Å². The SMILES string of the molecule is CC(C)(C)[Si](C)(C)O[C@H](/C=C/COCc1ccccc1)CCS(=O)(=O)c1ccccc1. The average Bonchev–Trinajstić information content (AvgIpc) is 2.72. The lowest BCUT2D eigenvalue weighted by Gasteiger charge is -2.38. The Morgan fingerprint density at radius 2 is 1.55 bits per heavy atom. The molecule has 1 atom stereocenters. The molecule has 0 aliphatic carbocycles. The first-order valence-electron chi connectivity index (χ1n) is 10.8. The number of benzene rings is 2. The van der Waals surface area contributed by atoms with Crippen molar-refractivity contribution in [2.75, 3.05) is 12.4 Å². The molecule has 0 saturated carbocycles. The second-order valence-electron chi connectivity index (χ2n) is 9.27. The largest absolute Gasteiger partial charge is 0.411 e. The smallest absolute Gasteiger partial charge is 0.192 e. The molecule has 0 amide bonds. The predicted molar refractivity (Wildman–Crippen MR) is 130 cm³/mol. The van der Waals surface area contributed by atoms with Crippen molar-refractivity contribution in [1.82, 2.24) is 0 Å². The van der Waals surface area contributed by atoms with E-state index >= 15 is 0 Å². The Morgan fingerprint density at radius 1 is 0.968 bits per heavy atom. The monoisotopic (exact) mass is 460 g/mol. The summed E-state index contributed by atoms with van der Waals surface area (Å²) >= 11 is 0. The molecule has 0 aromatic heterocycles. The van der Waals surface area contributed by atoms with Gasteiger partial charge in [0.25, 0.3) is 0 Å². The maximum absolute atomic E-state index is 12.7. The quantitative estimate of drug-likeness (QED) is 0.234. The van der Waals surface area contributed by atoms with Crippen molar-refractivity contribution in [1.29, 1.82) is 0 Å². The molecule has 0 aliphatic rings. The molecule has 0 fully saturated rings. The molecule has 4 nitrogen and oxygen atoms in total. The van der Waals surface area contributed by atoms with E-state index in [0.717, 1.165) is 5.56 Å². The molecule has 0 spiro atoms. The van der Waals surface area contributed by atoms with Crippen LogP contribution in [0.15, 0.2) is 77.7 Å². The van der Waals surface area contributed by atoms with E-state index in [0.29, 0.717) is 24.5 Å². The van der Waals surface area contributed by atoms with E-state index in [1.54, 1.807) is 24.3 Å². The summed E-state index contributed by atoms with van der Waals surface area (Å²) in [5.74, 6) is 0.0471. The van der Waals surface area contributed by atoms with Crippen LogP contribution < -0.4 is 0 Å². The summed E-state index contributed by atoms with van der Waals surface area (Å²) < 4.78 is 37.7. The van der Waals surface area contributed by atoms with Crippen molar-refractivity contribution in [2.24, 2.45) is 0 Å². The fourth-order valence-corrected chi connectivity index (χ4v) is 5.45. The minimum absolute atomic E-state index is 0.0429. The number of hydrogen-bond acceptors (Lipinski definition) is 4. The molecule has 0 N–H and O–H groups in total. The van der Waals surface area contributed by atoms with Crippen LogP contribution in [0.25, 0.3) is 0 Å². The Balaban J connectivity index is 2.02. The van der Waals surface area contributed by atoms with Crippen LogP contribution in [0.3, 0.4) is 0 Å². The lowest BCUT2D eigenvalue weighted by molar-refractivity contribution is 0.147. The Bertz CT molecular complexity index is 917. The Kier molecular flexibility index (Phi) is 9.24. The number of hydrogen-bond donors (Lipinski definition) is 0. The summed E-state index contributed by atoms with van der Waals surface area (Å²) in [6.07, 6.45) is 4.06. The highest BCUT2D eigenvalue weighted by atomic mass is 32.2. The maximum Gasteiger partial charge on any atom is 0.192 e. The van der Waals surface area contributed by atoms with E-state index in [-0.39, 0.29) is 16.9 Å². The van der Waals surface area contributed by atoms with Gasteiger partial charge in [-0.15, -0.1) is 0 Å². The van der Waals surface area contributed by atoms with Gasteiger partial charge in [0.2, 0.25) is 0 Å². The molecule has 0 bridgehead atoms. The fourth-order valence-electron chi connectivity index (χ4n) is 2.79. The zero-order chi connectivity index (χ0) is 23.0. The van der Waals surface area contributed by atoms with Gasteiger partial charge in [0.1, 0.15) is 0 Å². The maximum atomic E-state index is 12.7. The molecule has 2 aromatic carbocycles. The summed E-state index contributed by atoms with van der Waals surface area (Å²) in [5.41, 5.74) is 1.12. The molecule has 0 aliphatic heterocycles. The molecule has 0 unspecified atom stereocenters. The third-order valence-electron chi connectivity index (χ3n) is 5.70. The lowest BCUT2D eigenvalue weighted by Crippen LogP contribution is -2.43. The Hall–Kier alpha value is -1.73. The first kappa shape index (κ1) is 25.5. The van der Waals surface area contributed by atoms with Crippen molar-refractivity contribution in [2.45, 2.75) is 62.9 Å². The topological polar surface area (TPSA) is 52.6 Å². The van der Waals surface area contributed by atoms with E-state index < -0.39 is 18.2 Å². The zero-order valence-corrected chi connectivity index (χ0v) is 21.2. The van der Waals surface area contributed by atoms with Crippen LogP contribution in [0.1, 0.15) is 32.8 Å². The second-order valence-corrected chi connectivity index (χ2v) is 16.1. The standard InChI is InChI=1S/C25H36O4SSi/c1-25(2,3)31(4,5)29-23(15-12-19-28-21-22-13-8-6-9-14-22)18-20-30(26,27)24-16-10-7-11-17-24/h6-17,23H,18-21H2,1-5H3/b15-12+/t23-/m1/s1. The molecule has 2 aromatic rings. The molecular formula is C25H36O4SSi. The van der Waals surface area contributed by atoms with Crippen molar-refractivity contribution in [3.05, 3.63) is 78.4 Å². The van der Waals surface area contributed by atoms with Crippen molar-refractivity contribution in [3.63, 3.8) is 0 Å². The fraction of sp³-hybridized carbons (Fsp3) is 0.440. The lowest BCUT2D eigenvalue weighted by atomic mass is 10.2. The highest BCUT2D eigenvalue weighted by Crippen LogP contribution is 2.37. The van der Waals surface area contributed by atoms with E-state index in [9.17, 15) is 8.42 Å². The minimum atomic E-state index is -3.35. The summed E-state index contributed by atoms with van der Waals surface area (Å²) in [6.45, 7) is 11.9. The predicted octanol–water partition coefficient (Wildman–Crippen LogP) is 6.01. The second kappa shape index (κ2) is 11.2. The van der Waals surface area contributed by atoms with Gasteiger partial charge >= 0.3 is 0 Å². The van der Waals surface area contributed by atoms with E-state index in [4.69, 9.17) is 9.16 Å². The van der Waals surface area contributed by atoms with Gasteiger partial charge in [-0.05, 0) is 42.2 Å². The first-order chi connectivity index (χ1) is 14.5. The third kappa shape index (κ3) is 8.37. The molecular weight excluding hydrogens is 424 g/mol. The number of sulfone groups is 1. The molecule has 2 rings (SSSR count). The molecule has 6 heteroatoms. The molecule has 0 radical (unpaired) electrons. The van der Waals surface area contributed by atoms with E-state index in [2.05, 4.69) is 33.9 Å². The minimum Gasteiger partial charge on any atom is -0.411 e. The van der Waals surface area contributed by atoms with Crippen LogP contribution >= 0.6 is 0 Å². The van der Waals surface area contributed by atoms with Crippen LogP contribution in [0.2, 0.25) is 18.1 Å². The van der Waals surface area contributed by atoms with Crippen molar-refractivity contribution < 1.29 is 17.6 Å². The van der Waals surface area contributed by atoms with Gasteiger partial charge in [-0.2, -0.15) is 0 Å². The van der Waals surface area contributed by atoms with E-state index in [1.807, 2.05) is 48.6 Å². The highest BCUT2D eigenvalue weighted by molar-refractivity contribution is 7.91. The van der Waals surface area contributed by atoms with Crippen molar-refractivity contribution in [3.8, 4) is 0 Å². The summed E-state index contributed by atoms with van der Waals surface area (Å²) in [4.78, 5) is 0.358. The normalized spacial score (nSPS) is 14.1. The van der Waals surface area contributed by atoms with Crippen LogP contribution in [-0.2, 0) is 25.6 Å². The van der Waals surface area contributed by atoms with Crippen LogP contribution in [-0.4, -0.2) is 35.2 Å². The molecule has 31 heavy (non-hydrogen) atoms. The summed E-state index contributed by atoms with van der Waals surface area (Å²) in [5, 5.41) is 0.0429.